The first-order valence-electron chi connectivity index (χ1n) is 6.10. The van der Waals surface area contributed by atoms with Crippen LogP contribution in [0.3, 0.4) is 0 Å². The SMILES string of the molecule is CC(C)Cc1[nH]c(CSC(C)(C)C)nc(=S)c1Br. The molecule has 2 nitrogen and oxygen atoms in total. The van der Waals surface area contributed by atoms with Gasteiger partial charge >= 0.3 is 0 Å². The number of halogens is 1. The summed E-state index contributed by atoms with van der Waals surface area (Å²) in [4.78, 5) is 7.85. The summed E-state index contributed by atoms with van der Waals surface area (Å²) in [6.07, 6.45) is 0.986. The molecule has 0 unspecified atom stereocenters. The number of nitrogens with one attached hydrogen (secondary N) is 1. The van der Waals surface area contributed by atoms with Crippen LogP contribution in [0.2, 0.25) is 0 Å². The zero-order valence-corrected chi connectivity index (χ0v) is 14.9. The average Bonchev–Trinajstić information content (AvgIpc) is 2.20. The van der Waals surface area contributed by atoms with Crippen molar-refractivity contribution in [2.45, 2.75) is 51.5 Å². The number of thioether (sulfide) groups is 1. The Bertz CT molecular complexity index is 461. The van der Waals surface area contributed by atoms with E-state index in [0.29, 0.717) is 10.6 Å². The zero-order valence-electron chi connectivity index (χ0n) is 11.6. The van der Waals surface area contributed by atoms with Crippen molar-refractivity contribution in [3.8, 4) is 0 Å². The lowest BCUT2D eigenvalue weighted by atomic mass is 10.1. The predicted octanol–water partition coefficient (Wildman–Crippen LogP) is 5.13. The number of rotatable bonds is 4. The second kappa shape index (κ2) is 6.53. The van der Waals surface area contributed by atoms with Crippen LogP contribution in [0.4, 0.5) is 0 Å². The number of aromatic amines is 1. The summed E-state index contributed by atoms with van der Waals surface area (Å²) < 4.78 is 1.84. The molecule has 0 aliphatic rings. The standard InChI is InChI=1S/C13H21BrN2S2/c1-8(2)6-9-11(14)12(17)16-10(15-9)7-18-13(3,4)5/h8H,6-7H2,1-5H3,(H,15,16,17). The molecule has 1 aromatic heterocycles. The van der Waals surface area contributed by atoms with Crippen molar-refractivity contribution in [2.24, 2.45) is 5.92 Å². The van der Waals surface area contributed by atoms with Crippen molar-refractivity contribution in [3.05, 3.63) is 20.6 Å². The van der Waals surface area contributed by atoms with Crippen molar-refractivity contribution in [2.75, 3.05) is 0 Å². The van der Waals surface area contributed by atoms with Crippen LogP contribution in [0.1, 0.15) is 46.1 Å². The van der Waals surface area contributed by atoms with Gasteiger partial charge in [0.15, 0.2) is 0 Å². The normalized spacial score (nSPS) is 12.2. The van der Waals surface area contributed by atoms with Gasteiger partial charge < -0.3 is 4.98 Å². The maximum Gasteiger partial charge on any atom is 0.144 e. The fourth-order valence-corrected chi connectivity index (χ4v) is 2.75. The van der Waals surface area contributed by atoms with Crippen LogP contribution in [0.25, 0.3) is 0 Å². The van der Waals surface area contributed by atoms with E-state index < -0.39 is 0 Å². The van der Waals surface area contributed by atoms with Crippen molar-refractivity contribution in [1.29, 1.82) is 0 Å². The molecule has 0 atom stereocenters. The number of H-pyrrole nitrogens is 1. The fourth-order valence-electron chi connectivity index (χ4n) is 1.46. The van der Waals surface area contributed by atoms with E-state index in [4.69, 9.17) is 12.2 Å². The molecule has 18 heavy (non-hydrogen) atoms. The minimum atomic E-state index is 0.239. The van der Waals surface area contributed by atoms with Crippen molar-refractivity contribution < 1.29 is 0 Å². The first kappa shape index (κ1) is 16.2. The lowest BCUT2D eigenvalue weighted by Gasteiger charge is -2.17. The first-order valence-corrected chi connectivity index (χ1v) is 8.29. The molecule has 0 bridgehead atoms. The van der Waals surface area contributed by atoms with Gasteiger partial charge in [-0.05, 0) is 28.3 Å². The maximum absolute atomic E-state index is 5.30. The molecule has 0 saturated heterocycles. The van der Waals surface area contributed by atoms with Crippen molar-refractivity contribution in [3.63, 3.8) is 0 Å². The van der Waals surface area contributed by atoms with E-state index in [1.54, 1.807) is 0 Å². The summed E-state index contributed by atoms with van der Waals surface area (Å²) in [5, 5.41) is 0. The van der Waals surface area contributed by atoms with E-state index in [1.807, 2.05) is 11.8 Å². The fraction of sp³-hybridized carbons (Fsp3) is 0.692. The van der Waals surface area contributed by atoms with Crippen LogP contribution in [-0.2, 0) is 12.2 Å². The Labute approximate surface area is 128 Å². The van der Waals surface area contributed by atoms with Gasteiger partial charge in [0.2, 0.25) is 0 Å². The first-order chi connectivity index (χ1) is 8.19. The van der Waals surface area contributed by atoms with Crippen LogP contribution >= 0.6 is 39.9 Å². The van der Waals surface area contributed by atoms with Gasteiger partial charge in [-0.1, -0.05) is 46.8 Å². The highest BCUT2D eigenvalue weighted by Crippen LogP contribution is 2.27. The molecule has 0 radical (unpaired) electrons. The van der Waals surface area contributed by atoms with Gasteiger partial charge in [-0.2, -0.15) is 0 Å². The van der Waals surface area contributed by atoms with E-state index in [2.05, 4.69) is 60.5 Å². The van der Waals surface area contributed by atoms with Gasteiger partial charge in [-0.15, -0.1) is 11.8 Å². The third-order valence-corrected chi connectivity index (χ3v) is 4.93. The zero-order chi connectivity index (χ0) is 13.9. The van der Waals surface area contributed by atoms with Gasteiger partial charge in [0, 0.05) is 10.4 Å². The van der Waals surface area contributed by atoms with Crippen LogP contribution in [0, 0.1) is 10.6 Å². The van der Waals surface area contributed by atoms with Crippen LogP contribution in [-0.4, -0.2) is 14.7 Å². The lowest BCUT2D eigenvalue weighted by molar-refractivity contribution is 0.628. The smallest absolute Gasteiger partial charge is 0.144 e. The molecule has 1 rings (SSSR count). The Hall–Kier alpha value is 0.130. The average molecular weight is 349 g/mol. The molecular formula is C13H21BrN2S2. The van der Waals surface area contributed by atoms with E-state index in [1.165, 1.54) is 0 Å². The summed E-state index contributed by atoms with van der Waals surface area (Å²) in [5.74, 6) is 2.43. The monoisotopic (exact) mass is 348 g/mol. The molecule has 5 heteroatoms. The molecule has 0 aliphatic heterocycles. The maximum atomic E-state index is 5.30. The molecule has 0 fully saturated rings. The summed E-state index contributed by atoms with van der Waals surface area (Å²) in [6, 6.07) is 0. The molecule has 0 aliphatic carbocycles. The highest BCUT2D eigenvalue weighted by Gasteiger charge is 2.13. The number of hydrogen-bond acceptors (Lipinski definition) is 3. The molecule has 1 heterocycles. The Morgan fingerprint density at radius 2 is 2.00 bits per heavy atom. The van der Waals surface area contributed by atoms with Crippen molar-refractivity contribution in [1.82, 2.24) is 9.97 Å². The van der Waals surface area contributed by atoms with Gasteiger partial charge in [0.25, 0.3) is 0 Å². The number of hydrogen-bond donors (Lipinski definition) is 1. The number of aromatic nitrogens is 2. The molecule has 0 spiro atoms. The third-order valence-electron chi connectivity index (χ3n) is 2.24. The molecule has 0 aromatic carbocycles. The van der Waals surface area contributed by atoms with E-state index >= 15 is 0 Å². The minimum absolute atomic E-state index is 0.239. The van der Waals surface area contributed by atoms with Gasteiger partial charge in [0.05, 0.1) is 10.2 Å². The summed E-state index contributed by atoms with van der Waals surface area (Å²) >= 11 is 10.7. The highest BCUT2D eigenvalue weighted by atomic mass is 79.9. The molecular weight excluding hydrogens is 328 g/mol. The van der Waals surface area contributed by atoms with E-state index in [-0.39, 0.29) is 4.75 Å². The minimum Gasteiger partial charge on any atom is -0.345 e. The van der Waals surface area contributed by atoms with Crippen LogP contribution < -0.4 is 0 Å². The van der Waals surface area contributed by atoms with Crippen LogP contribution in [0.15, 0.2) is 4.47 Å². The highest BCUT2D eigenvalue weighted by molar-refractivity contribution is 9.10. The summed E-state index contributed by atoms with van der Waals surface area (Å²) in [7, 11) is 0. The van der Waals surface area contributed by atoms with Gasteiger partial charge in [-0.3, -0.25) is 0 Å². The molecule has 0 saturated carbocycles. The Morgan fingerprint density at radius 1 is 1.39 bits per heavy atom. The second-order valence-electron chi connectivity index (χ2n) is 5.78. The van der Waals surface area contributed by atoms with E-state index in [9.17, 15) is 0 Å². The Balaban J connectivity index is 2.94. The lowest BCUT2D eigenvalue weighted by Crippen LogP contribution is -2.10. The molecule has 1 N–H and O–H groups in total. The molecule has 102 valence electrons. The number of nitrogens with zero attached hydrogens (tertiary/aromatic N) is 1. The largest absolute Gasteiger partial charge is 0.345 e. The third kappa shape index (κ3) is 5.41. The quantitative estimate of drug-likeness (QED) is 0.764. The van der Waals surface area contributed by atoms with E-state index in [0.717, 1.165) is 28.2 Å². The topological polar surface area (TPSA) is 28.7 Å². The predicted molar refractivity (Wildman–Crippen MR) is 86.7 cm³/mol. The van der Waals surface area contributed by atoms with Crippen molar-refractivity contribution >= 4 is 39.9 Å². The van der Waals surface area contributed by atoms with Crippen LogP contribution in [0.5, 0.6) is 0 Å². The molecule has 1 aromatic rings. The second-order valence-corrected chi connectivity index (χ2v) is 8.76. The van der Waals surface area contributed by atoms with Gasteiger partial charge in [-0.25, -0.2) is 4.98 Å². The summed E-state index contributed by atoms with van der Waals surface area (Å²) in [6.45, 7) is 11.0. The Kier molecular flexibility index (Phi) is 5.87. The Morgan fingerprint density at radius 3 is 2.50 bits per heavy atom. The summed E-state index contributed by atoms with van der Waals surface area (Å²) in [5.41, 5.74) is 1.16. The van der Waals surface area contributed by atoms with Gasteiger partial charge in [0.1, 0.15) is 10.5 Å². The molecule has 0 amide bonds.